The summed E-state index contributed by atoms with van der Waals surface area (Å²) in [6.07, 6.45) is 8.29. The second kappa shape index (κ2) is 7.66. The molecule has 2 aromatic rings. The van der Waals surface area contributed by atoms with E-state index in [1.807, 2.05) is 11.9 Å². The minimum absolute atomic E-state index is 0.147. The molecule has 1 aromatic heterocycles. The number of rotatable bonds is 6. The number of anilines is 1. The molecule has 0 bridgehead atoms. The molecule has 164 valence electrons. The maximum absolute atomic E-state index is 13.0. The summed E-state index contributed by atoms with van der Waals surface area (Å²) in [6.45, 7) is 0.402. The van der Waals surface area contributed by atoms with E-state index in [4.69, 9.17) is 4.74 Å². The largest absolute Gasteiger partial charge is 0.494 e. The van der Waals surface area contributed by atoms with Gasteiger partial charge in [0.2, 0.25) is 11.9 Å². The SMILES string of the molecule is CN(C(=O)CCCOc1ccc2nc3n(c(=O)c2c1)C1(CC1)C(=O)N3)C1CCCCC1. The molecule has 8 nitrogen and oxygen atoms in total. The molecule has 1 aromatic carbocycles. The van der Waals surface area contributed by atoms with Gasteiger partial charge in [0.05, 0.1) is 17.5 Å². The van der Waals surface area contributed by atoms with Crippen LogP contribution in [0.25, 0.3) is 10.9 Å². The summed E-state index contributed by atoms with van der Waals surface area (Å²) < 4.78 is 7.32. The fraction of sp³-hybridized carbons (Fsp3) is 0.565. The van der Waals surface area contributed by atoms with Crippen molar-refractivity contribution < 1.29 is 14.3 Å². The van der Waals surface area contributed by atoms with Crippen molar-refractivity contribution in [3.8, 4) is 5.75 Å². The first-order chi connectivity index (χ1) is 15.0. The van der Waals surface area contributed by atoms with Crippen LogP contribution in [0.5, 0.6) is 5.75 Å². The van der Waals surface area contributed by atoms with Crippen molar-refractivity contribution in [1.82, 2.24) is 14.5 Å². The van der Waals surface area contributed by atoms with Crippen LogP contribution in [0.2, 0.25) is 0 Å². The fourth-order valence-electron chi connectivity index (χ4n) is 4.89. The van der Waals surface area contributed by atoms with E-state index in [-0.39, 0.29) is 17.4 Å². The maximum Gasteiger partial charge on any atom is 0.263 e. The van der Waals surface area contributed by atoms with Crippen LogP contribution in [0, 0.1) is 0 Å². The molecule has 0 unspecified atom stereocenters. The third kappa shape index (κ3) is 3.47. The van der Waals surface area contributed by atoms with Crippen LogP contribution < -0.4 is 15.6 Å². The zero-order valence-electron chi connectivity index (χ0n) is 17.9. The molecule has 2 saturated carbocycles. The van der Waals surface area contributed by atoms with Gasteiger partial charge >= 0.3 is 0 Å². The van der Waals surface area contributed by atoms with Crippen LogP contribution in [0.1, 0.15) is 57.8 Å². The Morgan fingerprint density at radius 1 is 1.26 bits per heavy atom. The molecule has 2 aliphatic carbocycles. The fourth-order valence-corrected chi connectivity index (χ4v) is 4.89. The van der Waals surface area contributed by atoms with E-state index in [0.717, 1.165) is 12.8 Å². The first-order valence-electron chi connectivity index (χ1n) is 11.3. The predicted molar refractivity (Wildman–Crippen MR) is 116 cm³/mol. The van der Waals surface area contributed by atoms with E-state index >= 15 is 0 Å². The Morgan fingerprint density at radius 3 is 2.77 bits per heavy atom. The lowest BCUT2D eigenvalue weighted by atomic mass is 9.94. The van der Waals surface area contributed by atoms with Gasteiger partial charge in [-0.15, -0.1) is 0 Å². The van der Waals surface area contributed by atoms with Gasteiger partial charge in [0, 0.05) is 19.5 Å². The van der Waals surface area contributed by atoms with Gasteiger partial charge in [0.25, 0.3) is 11.5 Å². The number of nitrogens with zero attached hydrogens (tertiary/aromatic N) is 3. The average molecular weight is 425 g/mol. The number of hydrogen-bond acceptors (Lipinski definition) is 5. The normalized spacial score (nSPS) is 19.3. The number of fused-ring (bicyclic) bond motifs is 3. The summed E-state index contributed by atoms with van der Waals surface area (Å²) in [5.41, 5.74) is -0.425. The summed E-state index contributed by atoms with van der Waals surface area (Å²) in [5, 5.41) is 3.17. The Balaban J connectivity index is 1.22. The van der Waals surface area contributed by atoms with E-state index < -0.39 is 5.54 Å². The zero-order chi connectivity index (χ0) is 21.6. The number of carbonyl (C=O) groups excluding carboxylic acids is 2. The third-order valence-electron chi connectivity index (χ3n) is 6.96. The molecule has 8 heteroatoms. The third-order valence-corrected chi connectivity index (χ3v) is 6.96. The van der Waals surface area contributed by atoms with Crippen molar-refractivity contribution in [2.45, 2.75) is 69.4 Å². The van der Waals surface area contributed by atoms with Crippen LogP contribution in [0.4, 0.5) is 5.95 Å². The van der Waals surface area contributed by atoms with Crippen molar-refractivity contribution >= 4 is 28.7 Å². The molecule has 2 heterocycles. The summed E-state index contributed by atoms with van der Waals surface area (Å²) in [4.78, 5) is 44.1. The van der Waals surface area contributed by atoms with E-state index in [1.54, 1.807) is 18.2 Å². The van der Waals surface area contributed by atoms with Crippen LogP contribution in [-0.4, -0.2) is 46.0 Å². The van der Waals surface area contributed by atoms with Gasteiger partial charge in [0.1, 0.15) is 11.3 Å². The monoisotopic (exact) mass is 424 g/mol. The summed E-state index contributed by atoms with van der Waals surface area (Å²) in [6, 6.07) is 5.57. The van der Waals surface area contributed by atoms with E-state index in [0.29, 0.717) is 60.9 Å². The van der Waals surface area contributed by atoms with E-state index in [1.165, 1.54) is 23.8 Å². The number of amides is 2. The van der Waals surface area contributed by atoms with Crippen molar-refractivity contribution in [2.24, 2.45) is 0 Å². The molecule has 2 amide bonds. The molecule has 0 atom stereocenters. The Morgan fingerprint density at radius 2 is 2.03 bits per heavy atom. The molecule has 0 saturated heterocycles. The molecule has 5 rings (SSSR count). The van der Waals surface area contributed by atoms with Crippen LogP contribution in [0.3, 0.4) is 0 Å². The van der Waals surface area contributed by atoms with Gasteiger partial charge in [-0.05, 0) is 50.3 Å². The second-order valence-electron chi connectivity index (χ2n) is 8.99. The molecule has 1 N–H and O–H groups in total. The molecule has 3 aliphatic rings. The van der Waals surface area contributed by atoms with Crippen molar-refractivity contribution in [3.63, 3.8) is 0 Å². The van der Waals surface area contributed by atoms with Crippen LogP contribution in [0.15, 0.2) is 23.0 Å². The lowest BCUT2D eigenvalue weighted by Crippen LogP contribution is -2.38. The molecule has 0 radical (unpaired) electrons. The van der Waals surface area contributed by atoms with Crippen molar-refractivity contribution in [1.29, 1.82) is 0 Å². The molecule has 31 heavy (non-hydrogen) atoms. The molecule has 1 aliphatic heterocycles. The lowest BCUT2D eigenvalue weighted by Gasteiger charge is -2.31. The number of hydrogen-bond donors (Lipinski definition) is 1. The number of ether oxygens (including phenoxy) is 1. The number of nitrogens with one attached hydrogen (secondary N) is 1. The highest BCUT2D eigenvalue weighted by Crippen LogP contribution is 2.48. The Labute approximate surface area is 180 Å². The van der Waals surface area contributed by atoms with Gasteiger partial charge in [-0.1, -0.05) is 19.3 Å². The average Bonchev–Trinajstić information content (AvgIpc) is 3.53. The standard InChI is InChI=1S/C23H28N4O4/c1-26(15-6-3-2-4-7-15)19(28)8-5-13-31-16-9-10-18-17(14-16)20(29)27-22(24-18)25-21(30)23(27)11-12-23/h9-10,14-15H,2-8,11-13H2,1H3,(H,24,25,30). The Kier molecular flexibility index (Phi) is 4.95. The minimum atomic E-state index is -0.741. The van der Waals surface area contributed by atoms with Crippen molar-refractivity contribution in [3.05, 3.63) is 28.6 Å². The van der Waals surface area contributed by atoms with E-state index in [2.05, 4.69) is 10.3 Å². The van der Waals surface area contributed by atoms with Gasteiger partial charge in [-0.3, -0.25) is 24.3 Å². The minimum Gasteiger partial charge on any atom is -0.494 e. The Bertz CT molecular complexity index is 1100. The van der Waals surface area contributed by atoms with Crippen molar-refractivity contribution in [2.75, 3.05) is 19.0 Å². The number of benzene rings is 1. The van der Waals surface area contributed by atoms with Gasteiger partial charge in [-0.2, -0.15) is 0 Å². The number of aromatic nitrogens is 2. The predicted octanol–water partition coefficient (Wildman–Crippen LogP) is 2.79. The quantitative estimate of drug-likeness (QED) is 0.720. The molecular formula is C23H28N4O4. The highest BCUT2D eigenvalue weighted by atomic mass is 16.5. The summed E-state index contributed by atoms with van der Waals surface area (Å²) in [5.74, 6) is 0.919. The molecular weight excluding hydrogens is 396 g/mol. The summed E-state index contributed by atoms with van der Waals surface area (Å²) >= 11 is 0. The lowest BCUT2D eigenvalue weighted by molar-refractivity contribution is -0.132. The molecule has 1 spiro atoms. The van der Waals surface area contributed by atoms with E-state index in [9.17, 15) is 14.4 Å². The smallest absolute Gasteiger partial charge is 0.263 e. The second-order valence-corrected chi connectivity index (χ2v) is 8.99. The Hall–Kier alpha value is -2.90. The van der Waals surface area contributed by atoms with Gasteiger partial charge in [-0.25, -0.2) is 4.98 Å². The first kappa shape index (κ1) is 20.0. The number of carbonyl (C=O) groups is 2. The molecule has 2 fully saturated rings. The topological polar surface area (TPSA) is 93.5 Å². The van der Waals surface area contributed by atoms with Gasteiger partial charge in [0.15, 0.2) is 0 Å². The summed E-state index contributed by atoms with van der Waals surface area (Å²) in [7, 11) is 1.91. The highest BCUT2D eigenvalue weighted by Gasteiger charge is 2.57. The van der Waals surface area contributed by atoms with Crippen LogP contribution >= 0.6 is 0 Å². The first-order valence-corrected chi connectivity index (χ1v) is 11.3. The highest BCUT2D eigenvalue weighted by molar-refractivity contribution is 6.02. The maximum atomic E-state index is 13.0. The van der Waals surface area contributed by atoms with Gasteiger partial charge < -0.3 is 9.64 Å². The zero-order valence-corrected chi connectivity index (χ0v) is 17.9. The van der Waals surface area contributed by atoms with Crippen LogP contribution in [-0.2, 0) is 15.1 Å².